The predicted octanol–water partition coefficient (Wildman–Crippen LogP) is 18.7. The number of phosphoric ester groups is 2. The standard InChI is InChI=1S/C67H130O17P2/c1-8-10-11-12-13-14-16-20-27-36-43-50-66(71)84-63(55-78-65(70)49-42-35-30-29-32-39-46-59(5)6)57-82-86(75,76)80-53-61(68)52-79-85(73,74)81-56-62(54-77-64(69)48-41-34-26-23-22-25-33-40-47-60(7)9-2)83-67(72)51-44-37-28-21-18-15-17-19-24-31-38-45-58(3)4/h58-63,68H,8-57H2,1-7H3,(H,73,74)(H,75,76)/t60?,61-,62-,63-/m1/s1. The van der Waals surface area contributed by atoms with Crippen LogP contribution in [0.1, 0.15) is 331 Å². The smallest absolute Gasteiger partial charge is 0.462 e. The first-order valence-corrected chi connectivity index (χ1v) is 37.9. The number of aliphatic hydroxyl groups is 1. The Kier molecular flexibility index (Phi) is 56.9. The van der Waals surface area contributed by atoms with Gasteiger partial charge in [-0.3, -0.25) is 37.3 Å². The molecule has 0 saturated carbocycles. The second-order valence-corrected chi connectivity index (χ2v) is 28.3. The molecule has 0 bridgehead atoms. The van der Waals surface area contributed by atoms with E-state index in [-0.39, 0.29) is 25.7 Å². The van der Waals surface area contributed by atoms with Gasteiger partial charge < -0.3 is 33.8 Å². The van der Waals surface area contributed by atoms with E-state index in [4.69, 9.17) is 37.0 Å². The highest BCUT2D eigenvalue weighted by molar-refractivity contribution is 7.47. The average Bonchev–Trinajstić information content (AvgIpc) is 3.57. The molecule has 19 heteroatoms. The van der Waals surface area contributed by atoms with E-state index >= 15 is 0 Å². The topological polar surface area (TPSA) is 237 Å². The summed E-state index contributed by atoms with van der Waals surface area (Å²) >= 11 is 0. The van der Waals surface area contributed by atoms with Crippen molar-refractivity contribution in [2.45, 2.75) is 349 Å². The fraction of sp³-hybridized carbons (Fsp3) is 0.940. The number of carbonyl (C=O) groups is 4. The summed E-state index contributed by atoms with van der Waals surface area (Å²) in [6.45, 7) is 11.7. The second-order valence-electron chi connectivity index (χ2n) is 25.4. The fourth-order valence-electron chi connectivity index (χ4n) is 9.98. The van der Waals surface area contributed by atoms with Gasteiger partial charge in [-0.05, 0) is 43.4 Å². The van der Waals surface area contributed by atoms with Crippen LogP contribution in [0.5, 0.6) is 0 Å². The molecule has 0 aromatic rings. The molecule has 0 aromatic heterocycles. The minimum Gasteiger partial charge on any atom is -0.462 e. The zero-order valence-electron chi connectivity index (χ0n) is 55.8. The summed E-state index contributed by atoms with van der Waals surface area (Å²) in [5, 5.41) is 10.6. The Morgan fingerprint density at radius 2 is 0.593 bits per heavy atom. The maximum absolute atomic E-state index is 13.0. The Labute approximate surface area is 524 Å². The first-order valence-electron chi connectivity index (χ1n) is 34.9. The van der Waals surface area contributed by atoms with Gasteiger partial charge in [0.25, 0.3) is 0 Å². The number of unbranched alkanes of at least 4 members (excludes halogenated alkanes) is 32. The Balaban J connectivity index is 5.25. The number of hydrogen-bond acceptors (Lipinski definition) is 15. The first-order chi connectivity index (χ1) is 41.3. The van der Waals surface area contributed by atoms with E-state index in [9.17, 15) is 43.2 Å². The third-order valence-electron chi connectivity index (χ3n) is 15.7. The van der Waals surface area contributed by atoms with E-state index < -0.39 is 97.5 Å². The highest BCUT2D eigenvalue weighted by Gasteiger charge is 2.30. The molecule has 0 radical (unpaired) electrons. The normalized spacial score (nSPS) is 14.6. The number of esters is 4. The monoisotopic (exact) mass is 1270 g/mol. The van der Waals surface area contributed by atoms with Gasteiger partial charge in [0.15, 0.2) is 12.2 Å². The van der Waals surface area contributed by atoms with Crippen LogP contribution in [0.15, 0.2) is 0 Å². The molecule has 0 aliphatic carbocycles. The summed E-state index contributed by atoms with van der Waals surface area (Å²) in [5.74, 6) is 0.0904. The molecule has 510 valence electrons. The van der Waals surface area contributed by atoms with Gasteiger partial charge in [-0.1, -0.05) is 280 Å². The quantitative estimate of drug-likeness (QED) is 0.0222. The van der Waals surface area contributed by atoms with Crippen LogP contribution in [0, 0.1) is 17.8 Å². The Hall–Kier alpha value is -1.94. The minimum atomic E-state index is -4.95. The summed E-state index contributed by atoms with van der Waals surface area (Å²) in [7, 11) is -9.89. The van der Waals surface area contributed by atoms with Crippen molar-refractivity contribution in [3.63, 3.8) is 0 Å². The molecule has 3 unspecified atom stereocenters. The van der Waals surface area contributed by atoms with E-state index in [0.29, 0.717) is 31.6 Å². The molecule has 0 aliphatic heterocycles. The van der Waals surface area contributed by atoms with Crippen LogP contribution in [0.3, 0.4) is 0 Å². The van der Waals surface area contributed by atoms with Gasteiger partial charge in [0, 0.05) is 25.7 Å². The molecule has 0 rings (SSSR count). The van der Waals surface area contributed by atoms with Crippen LogP contribution in [0.25, 0.3) is 0 Å². The van der Waals surface area contributed by atoms with Crippen LogP contribution in [0.4, 0.5) is 0 Å². The Morgan fingerprint density at radius 3 is 0.884 bits per heavy atom. The number of carbonyl (C=O) groups excluding carboxylic acids is 4. The molecule has 0 saturated heterocycles. The largest absolute Gasteiger partial charge is 0.472 e. The van der Waals surface area contributed by atoms with Crippen molar-refractivity contribution < 1.29 is 80.2 Å². The highest BCUT2D eigenvalue weighted by Crippen LogP contribution is 2.45. The van der Waals surface area contributed by atoms with Crippen LogP contribution < -0.4 is 0 Å². The van der Waals surface area contributed by atoms with Crippen LogP contribution in [-0.4, -0.2) is 96.7 Å². The molecule has 0 aromatic carbocycles. The van der Waals surface area contributed by atoms with E-state index in [1.807, 2.05) is 0 Å². The summed E-state index contributed by atoms with van der Waals surface area (Å²) in [4.78, 5) is 72.4. The molecule has 0 fully saturated rings. The van der Waals surface area contributed by atoms with Crippen molar-refractivity contribution in [1.29, 1.82) is 0 Å². The van der Waals surface area contributed by atoms with E-state index in [1.165, 1.54) is 135 Å². The van der Waals surface area contributed by atoms with E-state index in [2.05, 4.69) is 48.5 Å². The maximum atomic E-state index is 13.0. The van der Waals surface area contributed by atoms with Gasteiger partial charge in [0.1, 0.15) is 19.3 Å². The van der Waals surface area contributed by atoms with Crippen molar-refractivity contribution in [1.82, 2.24) is 0 Å². The zero-order chi connectivity index (χ0) is 63.8. The number of aliphatic hydroxyl groups excluding tert-OH is 1. The number of phosphoric acid groups is 2. The lowest BCUT2D eigenvalue weighted by atomic mass is 9.99. The number of hydrogen-bond donors (Lipinski definition) is 3. The van der Waals surface area contributed by atoms with Gasteiger partial charge >= 0.3 is 39.5 Å². The summed E-state index contributed by atoms with van der Waals surface area (Å²) < 4.78 is 68.1. The fourth-order valence-corrected chi connectivity index (χ4v) is 11.6. The molecule has 6 atom stereocenters. The molecule has 86 heavy (non-hydrogen) atoms. The Morgan fingerprint density at radius 1 is 0.337 bits per heavy atom. The number of ether oxygens (including phenoxy) is 4. The highest BCUT2D eigenvalue weighted by atomic mass is 31.2. The van der Waals surface area contributed by atoms with Crippen molar-refractivity contribution >= 4 is 39.5 Å². The lowest BCUT2D eigenvalue weighted by Crippen LogP contribution is -2.30. The molecule has 0 heterocycles. The molecule has 3 N–H and O–H groups in total. The van der Waals surface area contributed by atoms with Gasteiger partial charge in [0.05, 0.1) is 26.4 Å². The third-order valence-corrected chi connectivity index (χ3v) is 17.6. The average molecular weight is 1270 g/mol. The zero-order valence-corrected chi connectivity index (χ0v) is 57.6. The van der Waals surface area contributed by atoms with Gasteiger partial charge in [0.2, 0.25) is 0 Å². The lowest BCUT2D eigenvalue weighted by molar-refractivity contribution is -0.161. The van der Waals surface area contributed by atoms with Gasteiger partial charge in [-0.15, -0.1) is 0 Å². The SMILES string of the molecule is CCCCCCCCCCCCCC(=O)O[C@H](COC(=O)CCCCCCCCC(C)C)COP(=O)(O)OC[C@H](O)COP(=O)(O)OC[C@@H](COC(=O)CCCCCCCCCCC(C)CC)OC(=O)CCCCCCCCCCCCCC(C)C. The molecule has 17 nitrogen and oxygen atoms in total. The Bertz CT molecular complexity index is 1700. The van der Waals surface area contributed by atoms with Gasteiger partial charge in [-0.2, -0.15) is 0 Å². The molecular weight excluding hydrogens is 1140 g/mol. The molecular formula is C67H130O17P2. The summed E-state index contributed by atoms with van der Waals surface area (Å²) in [6, 6.07) is 0. The van der Waals surface area contributed by atoms with Crippen LogP contribution in [0.2, 0.25) is 0 Å². The summed E-state index contributed by atoms with van der Waals surface area (Å²) in [5.41, 5.74) is 0. The summed E-state index contributed by atoms with van der Waals surface area (Å²) in [6.07, 6.45) is 40.3. The molecule has 0 amide bonds. The van der Waals surface area contributed by atoms with E-state index in [1.54, 1.807) is 0 Å². The van der Waals surface area contributed by atoms with E-state index in [0.717, 1.165) is 108 Å². The number of rotatable bonds is 65. The lowest BCUT2D eigenvalue weighted by Gasteiger charge is -2.21. The maximum Gasteiger partial charge on any atom is 0.472 e. The molecule has 0 spiro atoms. The van der Waals surface area contributed by atoms with Gasteiger partial charge in [-0.25, -0.2) is 9.13 Å². The van der Waals surface area contributed by atoms with Crippen LogP contribution in [-0.2, 0) is 65.4 Å². The van der Waals surface area contributed by atoms with Crippen molar-refractivity contribution in [2.24, 2.45) is 17.8 Å². The second kappa shape index (κ2) is 58.2. The first kappa shape index (κ1) is 84.1. The van der Waals surface area contributed by atoms with Crippen molar-refractivity contribution in [2.75, 3.05) is 39.6 Å². The predicted molar refractivity (Wildman–Crippen MR) is 344 cm³/mol. The molecule has 0 aliphatic rings. The third kappa shape index (κ3) is 59.7. The van der Waals surface area contributed by atoms with Crippen molar-refractivity contribution in [3.8, 4) is 0 Å². The van der Waals surface area contributed by atoms with Crippen molar-refractivity contribution in [3.05, 3.63) is 0 Å². The van der Waals surface area contributed by atoms with Crippen LogP contribution >= 0.6 is 15.6 Å². The minimum absolute atomic E-state index is 0.105.